The minimum absolute atomic E-state index is 0.0708. The van der Waals surface area contributed by atoms with Gasteiger partial charge in [-0.15, -0.1) is 13.2 Å². The van der Waals surface area contributed by atoms with Crippen LogP contribution in [0.3, 0.4) is 0 Å². The summed E-state index contributed by atoms with van der Waals surface area (Å²) < 4.78 is 178. The first-order valence-corrected chi connectivity index (χ1v) is 15.2. The average molecular weight is 729 g/mol. The van der Waals surface area contributed by atoms with Gasteiger partial charge in [0.2, 0.25) is 5.75 Å². The third-order valence-corrected chi connectivity index (χ3v) is 7.74. The Morgan fingerprint density at radius 3 is 1.51 bits per heavy atom. The second kappa shape index (κ2) is 14.6. The fraction of sp³-hybridized carbons (Fsp3) is 0.189. The lowest BCUT2D eigenvalue weighted by molar-refractivity contribution is -0.276. The van der Waals surface area contributed by atoms with E-state index in [2.05, 4.69) is 9.47 Å². The Morgan fingerprint density at radius 1 is 0.490 bits per heavy atom. The number of unbranched alkanes of at least 4 members (excludes halogenated alkanes) is 2. The largest absolute Gasteiger partial charge is 0.573 e. The Kier molecular flexibility index (Phi) is 10.6. The summed E-state index contributed by atoms with van der Waals surface area (Å²) in [5.74, 6) is -13.4. The van der Waals surface area contributed by atoms with Gasteiger partial charge in [-0.2, -0.15) is 8.78 Å². The normalized spacial score (nSPS) is 11.9. The van der Waals surface area contributed by atoms with Crippen molar-refractivity contribution >= 4 is 0 Å². The van der Waals surface area contributed by atoms with Crippen molar-refractivity contribution in [2.75, 3.05) is 0 Å². The van der Waals surface area contributed by atoms with Crippen molar-refractivity contribution in [3.05, 3.63) is 131 Å². The standard InChI is InChI=1S/C37H24F12O2/c1-2-3-4-5-19-6-9-24(27(38)12-19)20-7-10-25(28(39)13-20)21-14-30(41)34(31(42)15-21)36(45,46)50-23-8-11-26(29(40)18-23)22-16-32(43)35(33(44)17-22)51-37(47,48)49/h6-18H,2-5H2,1H3. The van der Waals surface area contributed by atoms with Crippen LogP contribution in [0.4, 0.5) is 52.7 Å². The molecule has 0 saturated heterocycles. The fourth-order valence-electron chi connectivity index (χ4n) is 5.37. The summed E-state index contributed by atoms with van der Waals surface area (Å²) in [4.78, 5) is 0. The average Bonchev–Trinajstić information content (AvgIpc) is 3.02. The van der Waals surface area contributed by atoms with E-state index in [1.807, 2.05) is 6.92 Å². The molecule has 0 aromatic heterocycles. The third-order valence-electron chi connectivity index (χ3n) is 7.74. The first kappa shape index (κ1) is 37.1. The van der Waals surface area contributed by atoms with Gasteiger partial charge in [0.1, 0.15) is 40.4 Å². The fourth-order valence-corrected chi connectivity index (χ4v) is 5.37. The summed E-state index contributed by atoms with van der Waals surface area (Å²) in [7, 11) is 0. The summed E-state index contributed by atoms with van der Waals surface area (Å²) in [5, 5.41) is 0. The minimum atomic E-state index is -5.44. The summed E-state index contributed by atoms with van der Waals surface area (Å²) in [6.45, 7) is 2.03. The van der Waals surface area contributed by atoms with Gasteiger partial charge >= 0.3 is 12.5 Å². The zero-order valence-electron chi connectivity index (χ0n) is 26.2. The van der Waals surface area contributed by atoms with E-state index in [1.54, 1.807) is 6.07 Å². The van der Waals surface area contributed by atoms with E-state index in [-0.39, 0.29) is 17.2 Å². The number of aryl methyl sites for hydroxylation is 1. The van der Waals surface area contributed by atoms with E-state index in [0.29, 0.717) is 42.8 Å². The number of alkyl halides is 5. The Morgan fingerprint density at radius 2 is 0.980 bits per heavy atom. The van der Waals surface area contributed by atoms with E-state index in [1.165, 1.54) is 18.2 Å². The molecule has 0 unspecified atom stereocenters. The summed E-state index contributed by atoms with van der Waals surface area (Å²) in [5.41, 5.74) is -3.17. The first-order valence-electron chi connectivity index (χ1n) is 15.2. The number of hydrogen-bond acceptors (Lipinski definition) is 2. The van der Waals surface area contributed by atoms with Crippen LogP contribution in [0.15, 0.2) is 78.9 Å². The van der Waals surface area contributed by atoms with Crippen molar-refractivity contribution in [3.63, 3.8) is 0 Å². The molecular formula is C37H24F12O2. The molecule has 0 saturated carbocycles. The van der Waals surface area contributed by atoms with E-state index < -0.39 is 92.5 Å². The minimum Gasteiger partial charge on any atom is -0.429 e. The van der Waals surface area contributed by atoms with Crippen molar-refractivity contribution in [1.29, 1.82) is 0 Å². The molecule has 5 rings (SSSR count). The number of hydrogen-bond donors (Lipinski definition) is 0. The molecule has 14 heteroatoms. The summed E-state index contributed by atoms with van der Waals surface area (Å²) in [6.07, 6.45) is -6.74. The summed E-state index contributed by atoms with van der Waals surface area (Å²) in [6, 6.07) is 10.9. The van der Waals surface area contributed by atoms with Gasteiger partial charge in [0.05, 0.1) is 0 Å². The molecule has 0 aliphatic carbocycles. The molecule has 2 nitrogen and oxygen atoms in total. The predicted octanol–water partition coefficient (Wildman–Crippen LogP) is 12.4. The molecule has 0 radical (unpaired) electrons. The van der Waals surface area contributed by atoms with Crippen molar-refractivity contribution in [3.8, 4) is 44.9 Å². The van der Waals surface area contributed by atoms with Gasteiger partial charge in [-0.3, -0.25) is 0 Å². The number of rotatable bonds is 11. The molecule has 0 atom stereocenters. The molecule has 0 amide bonds. The highest BCUT2D eigenvalue weighted by Crippen LogP contribution is 2.40. The second-order valence-electron chi connectivity index (χ2n) is 11.4. The highest BCUT2D eigenvalue weighted by Gasteiger charge is 2.41. The van der Waals surface area contributed by atoms with E-state index in [0.717, 1.165) is 37.0 Å². The Balaban J connectivity index is 1.36. The van der Waals surface area contributed by atoms with Gasteiger partial charge < -0.3 is 9.47 Å². The molecule has 0 aliphatic heterocycles. The van der Waals surface area contributed by atoms with Crippen LogP contribution in [0.1, 0.15) is 37.3 Å². The zero-order valence-corrected chi connectivity index (χ0v) is 26.2. The lowest BCUT2D eigenvalue weighted by atomic mass is 9.96. The lowest BCUT2D eigenvalue weighted by Gasteiger charge is -2.20. The van der Waals surface area contributed by atoms with Gasteiger partial charge in [-0.25, -0.2) is 30.7 Å². The van der Waals surface area contributed by atoms with Gasteiger partial charge in [0.15, 0.2) is 11.6 Å². The first-order chi connectivity index (χ1) is 24.0. The topological polar surface area (TPSA) is 18.5 Å². The number of ether oxygens (including phenoxy) is 2. The number of benzene rings is 5. The SMILES string of the molecule is CCCCCc1ccc(-c2ccc(-c3cc(F)c(C(F)(F)Oc4ccc(-c5cc(F)c(OC(F)(F)F)c(F)c5)c(F)c4)c(F)c3)c(F)c2)c(F)c1. The van der Waals surface area contributed by atoms with Crippen molar-refractivity contribution in [2.24, 2.45) is 0 Å². The Bertz CT molecular complexity index is 2030. The smallest absolute Gasteiger partial charge is 0.429 e. The molecule has 5 aromatic rings. The second-order valence-corrected chi connectivity index (χ2v) is 11.4. The molecule has 268 valence electrons. The quantitative estimate of drug-likeness (QED) is 0.0996. The van der Waals surface area contributed by atoms with Gasteiger partial charge in [0, 0.05) is 22.8 Å². The van der Waals surface area contributed by atoms with Crippen LogP contribution >= 0.6 is 0 Å². The van der Waals surface area contributed by atoms with Crippen molar-refractivity contribution in [1.82, 2.24) is 0 Å². The van der Waals surface area contributed by atoms with Crippen LogP contribution in [0.2, 0.25) is 0 Å². The maximum Gasteiger partial charge on any atom is 0.573 e. The van der Waals surface area contributed by atoms with Crippen molar-refractivity contribution in [2.45, 2.75) is 45.1 Å². The van der Waals surface area contributed by atoms with Crippen molar-refractivity contribution < 1.29 is 62.2 Å². The molecule has 0 aliphatic rings. The van der Waals surface area contributed by atoms with Gasteiger partial charge in [-0.1, -0.05) is 44.0 Å². The third kappa shape index (κ3) is 8.43. The lowest BCUT2D eigenvalue weighted by Crippen LogP contribution is -2.25. The molecule has 0 spiro atoms. The van der Waals surface area contributed by atoms with Crippen LogP contribution < -0.4 is 9.47 Å². The van der Waals surface area contributed by atoms with Crippen LogP contribution in [0.5, 0.6) is 11.5 Å². The van der Waals surface area contributed by atoms with Crippen LogP contribution in [0.25, 0.3) is 33.4 Å². The highest BCUT2D eigenvalue weighted by atomic mass is 19.4. The van der Waals surface area contributed by atoms with Gasteiger partial charge in [0.25, 0.3) is 0 Å². The molecule has 0 N–H and O–H groups in total. The molecule has 51 heavy (non-hydrogen) atoms. The monoisotopic (exact) mass is 728 g/mol. The molecule has 0 heterocycles. The van der Waals surface area contributed by atoms with Gasteiger partial charge in [-0.05, 0) is 83.6 Å². The molecule has 5 aromatic carbocycles. The van der Waals surface area contributed by atoms with Crippen LogP contribution in [-0.2, 0) is 12.5 Å². The molecule has 0 fully saturated rings. The zero-order chi connectivity index (χ0) is 37.2. The summed E-state index contributed by atoms with van der Waals surface area (Å²) >= 11 is 0. The Hall–Kier alpha value is -5.14. The Labute approximate surface area is 282 Å². The predicted molar refractivity (Wildman–Crippen MR) is 163 cm³/mol. The molecular weight excluding hydrogens is 704 g/mol. The maximum atomic E-state index is 15.2. The van der Waals surface area contributed by atoms with Crippen LogP contribution in [0, 0.1) is 40.7 Å². The van der Waals surface area contributed by atoms with Crippen LogP contribution in [-0.4, -0.2) is 6.36 Å². The van der Waals surface area contributed by atoms with E-state index in [4.69, 9.17) is 0 Å². The maximum absolute atomic E-state index is 15.2. The van der Waals surface area contributed by atoms with E-state index >= 15 is 22.0 Å². The number of halogens is 12. The van der Waals surface area contributed by atoms with E-state index in [9.17, 15) is 30.7 Å². The highest BCUT2D eigenvalue weighted by molar-refractivity contribution is 5.72. The molecule has 0 bridgehead atoms.